The largest absolute Gasteiger partial charge is 0.344 e. The summed E-state index contributed by atoms with van der Waals surface area (Å²) in [5.41, 5.74) is 1.06. The van der Waals surface area contributed by atoms with E-state index in [1.165, 1.54) is 0 Å². The van der Waals surface area contributed by atoms with E-state index >= 15 is 0 Å². The van der Waals surface area contributed by atoms with Crippen LogP contribution in [-0.2, 0) is 0 Å². The number of rotatable bonds is 3. The van der Waals surface area contributed by atoms with E-state index in [1.54, 1.807) is 6.08 Å². The highest BCUT2D eigenvalue weighted by Crippen LogP contribution is 2.04. The van der Waals surface area contributed by atoms with Crippen LogP contribution in [0.4, 0.5) is 5.69 Å². The number of benzene rings is 1. The Kier molecular flexibility index (Phi) is 3.76. The molecule has 0 fully saturated rings. The fourth-order valence-electron chi connectivity index (χ4n) is 0.971. The van der Waals surface area contributed by atoms with Gasteiger partial charge in [-0.2, -0.15) is 0 Å². The van der Waals surface area contributed by atoms with E-state index in [2.05, 4.69) is 16.9 Å². The average Bonchev–Trinajstić information content (AvgIpc) is 2.16. The molecule has 1 rings (SSSR count). The Hall–Kier alpha value is -1.57. The lowest BCUT2D eigenvalue weighted by atomic mass is 10.3. The van der Waals surface area contributed by atoms with E-state index in [4.69, 9.17) is 0 Å². The fourth-order valence-corrected chi connectivity index (χ4v) is 0.971. The molecule has 0 saturated heterocycles. The van der Waals surface area contributed by atoms with Gasteiger partial charge in [-0.3, -0.25) is 4.99 Å². The summed E-state index contributed by atoms with van der Waals surface area (Å²) >= 11 is 0. The minimum absolute atomic E-state index is 0.658. The maximum Gasteiger partial charge on any atom is 0.0979 e. The molecular weight excluding hydrogens is 160 g/mol. The highest BCUT2D eigenvalue weighted by Gasteiger charge is 1.90. The summed E-state index contributed by atoms with van der Waals surface area (Å²) in [6.07, 6.45) is 1.77. The SMILES string of the molecule is C=CCN=C(C)Nc1ccccc1. The highest BCUT2D eigenvalue weighted by atomic mass is 15.0. The summed E-state index contributed by atoms with van der Waals surface area (Å²) in [5, 5.41) is 3.18. The second-order valence-corrected chi connectivity index (χ2v) is 2.71. The molecule has 0 aromatic heterocycles. The lowest BCUT2D eigenvalue weighted by Gasteiger charge is -2.03. The topological polar surface area (TPSA) is 24.4 Å². The number of nitrogens with one attached hydrogen (secondary N) is 1. The van der Waals surface area contributed by atoms with Crippen molar-refractivity contribution in [2.75, 3.05) is 11.9 Å². The molecule has 0 aliphatic rings. The van der Waals surface area contributed by atoms with Gasteiger partial charge in [0.25, 0.3) is 0 Å². The number of aliphatic imine (C=N–C) groups is 1. The molecule has 1 aromatic rings. The van der Waals surface area contributed by atoms with E-state index in [0.29, 0.717) is 6.54 Å². The van der Waals surface area contributed by atoms with Gasteiger partial charge in [-0.05, 0) is 19.1 Å². The second-order valence-electron chi connectivity index (χ2n) is 2.71. The number of amidine groups is 1. The Balaban J connectivity index is 2.54. The maximum atomic E-state index is 4.23. The van der Waals surface area contributed by atoms with Gasteiger partial charge in [0.05, 0.1) is 12.4 Å². The Morgan fingerprint density at radius 1 is 1.46 bits per heavy atom. The summed E-state index contributed by atoms with van der Waals surface area (Å²) in [7, 11) is 0. The van der Waals surface area contributed by atoms with Crippen LogP contribution in [0.5, 0.6) is 0 Å². The van der Waals surface area contributed by atoms with Crippen LogP contribution in [0.2, 0.25) is 0 Å². The predicted octanol–water partition coefficient (Wildman–Crippen LogP) is 2.70. The molecule has 0 bridgehead atoms. The summed E-state index contributed by atoms with van der Waals surface area (Å²) in [6, 6.07) is 9.98. The van der Waals surface area contributed by atoms with Crippen LogP contribution in [0.25, 0.3) is 0 Å². The average molecular weight is 174 g/mol. The number of hydrogen-bond donors (Lipinski definition) is 1. The van der Waals surface area contributed by atoms with Crippen molar-refractivity contribution in [2.24, 2.45) is 4.99 Å². The summed E-state index contributed by atoms with van der Waals surface area (Å²) < 4.78 is 0. The molecule has 0 aliphatic heterocycles. The van der Waals surface area contributed by atoms with Crippen LogP contribution in [0.3, 0.4) is 0 Å². The number of anilines is 1. The van der Waals surface area contributed by atoms with E-state index in [-0.39, 0.29) is 0 Å². The van der Waals surface area contributed by atoms with Crippen molar-refractivity contribution in [3.8, 4) is 0 Å². The van der Waals surface area contributed by atoms with Crippen LogP contribution in [0.1, 0.15) is 6.92 Å². The van der Waals surface area contributed by atoms with Crippen LogP contribution in [0, 0.1) is 0 Å². The van der Waals surface area contributed by atoms with Gasteiger partial charge in [0.15, 0.2) is 0 Å². The van der Waals surface area contributed by atoms with E-state index in [1.807, 2.05) is 37.3 Å². The molecule has 0 radical (unpaired) electrons. The summed E-state index contributed by atoms with van der Waals surface area (Å²) in [4.78, 5) is 4.23. The van der Waals surface area contributed by atoms with E-state index in [0.717, 1.165) is 11.5 Å². The van der Waals surface area contributed by atoms with Crippen LogP contribution in [-0.4, -0.2) is 12.4 Å². The van der Waals surface area contributed by atoms with Crippen LogP contribution < -0.4 is 5.32 Å². The molecular formula is C11H14N2. The monoisotopic (exact) mass is 174 g/mol. The highest BCUT2D eigenvalue weighted by molar-refractivity contribution is 5.93. The van der Waals surface area contributed by atoms with Gasteiger partial charge in [-0.25, -0.2) is 0 Å². The zero-order chi connectivity index (χ0) is 9.52. The Morgan fingerprint density at radius 3 is 2.77 bits per heavy atom. The van der Waals surface area contributed by atoms with Crippen molar-refractivity contribution in [1.82, 2.24) is 0 Å². The van der Waals surface area contributed by atoms with Crippen molar-refractivity contribution in [3.63, 3.8) is 0 Å². The molecule has 1 N–H and O–H groups in total. The molecule has 0 heterocycles. The fraction of sp³-hybridized carbons (Fsp3) is 0.182. The molecule has 2 heteroatoms. The Bertz CT molecular complexity index is 288. The molecule has 0 saturated carbocycles. The molecule has 0 spiro atoms. The second kappa shape index (κ2) is 5.14. The lowest BCUT2D eigenvalue weighted by Crippen LogP contribution is -2.07. The number of para-hydroxylation sites is 1. The van der Waals surface area contributed by atoms with Gasteiger partial charge in [0.2, 0.25) is 0 Å². The third-order valence-corrected chi connectivity index (χ3v) is 1.56. The van der Waals surface area contributed by atoms with Crippen molar-refractivity contribution in [2.45, 2.75) is 6.92 Å². The number of hydrogen-bond acceptors (Lipinski definition) is 1. The van der Waals surface area contributed by atoms with Gasteiger partial charge < -0.3 is 5.32 Å². The van der Waals surface area contributed by atoms with Crippen molar-refractivity contribution >= 4 is 11.5 Å². The van der Waals surface area contributed by atoms with Gasteiger partial charge >= 0.3 is 0 Å². The Morgan fingerprint density at radius 2 is 2.15 bits per heavy atom. The first-order chi connectivity index (χ1) is 6.33. The molecule has 2 nitrogen and oxygen atoms in total. The van der Waals surface area contributed by atoms with Gasteiger partial charge in [-0.15, -0.1) is 6.58 Å². The van der Waals surface area contributed by atoms with Crippen molar-refractivity contribution in [3.05, 3.63) is 43.0 Å². The first kappa shape index (κ1) is 9.52. The number of nitrogens with zero attached hydrogens (tertiary/aromatic N) is 1. The van der Waals surface area contributed by atoms with E-state index < -0.39 is 0 Å². The summed E-state index contributed by atoms with van der Waals surface area (Å²) in [6.45, 7) is 6.20. The lowest BCUT2D eigenvalue weighted by molar-refractivity contribution is 1.23. The minimum Gasteiger partial charge on any atom is -0.344 e. The zero-order valence-electron chi connectivity index (χ0n) is 7.83. The smallest absolute Gasteiger partial charge is 0.0979 e. The third kappa shape index (κ3) is 3.56. The van der Waals surface area contributed by atoms with Crippen LogP contribution >= 0.6 is 0 Å². The Labute approximate surface area is 79.0 Å². The van der Waals surface area contributed by atoms with Gasteiger partial charge in [0, 0.05) is 5.69 Å². The quantitative estimate of drug-likeness (QED) is 0.425. The summed E-state index contributed by atoms with van der Waals surface area (Å²) in [5.74, 6) is 0.908. The van der Waals surface area contributed by atoms with E-state index in [9.17, 15) is 0 Å². The third-order valence-electron chi connectivity index (χ3n) is 1.56. The minimum atomic E-state index is 0.658. The molecule has 0 amide bonds. The van der Waals surface area contributed by atoms with Gasteiger partial charge in [-0.1, -0.05) is 24.3 Å². The standard InChI is InChI=1S/C11H14N2/c1-3-9-12-10(2)13-11-7-5-4-6-8-11/h3-8H,1,9H2,2H3,(H,12,13). The predicted molar refractivity (Wildman–Crippen MR) is 58.2 cm³/mol. The van der Waals surface area contributed by atoms with Crippen LogP contribution in [0.15, 0.2) is 48.0 Å². The molecule has 68 valence electrons. The molecule has 0 atom stereocenters. The normalized spacial score (nSPS) is 11.0. The molecule has 1 aromatic carbocycles. The molecule has 13 heavy (non-hydrogen) atoms. The first-order valence-corrected chi connectivity index (χ1v) is 4.27. The maximum absolute atomic E-state index is 4.23. The zero-order valence-corrected chi connectivity index (χ0v) is 7.83. The molecule has 0 unspecified atom stereocenters. The first-order valence-electron chi connectivity index (χ1n) is 4.27. The van der Waals surface area contributed by atoms with Crippen molar-refractivity contribution < 1.29 is 0 Å². The molecule has 0 aliphatic carbocycles. The van der Waals surface area contributed by atoms with Gasteiger partial charge in [0.1, 0.15) is 0 Å². The van der Waals surface area contributed by atoms with Crippen molar-refractivity contribution in [1.29, 1.82) is 0 Å².